The summed E-state index contributed by atoms with van der Waals surface area (Å²) in [5.41, 5.74) is 3.94. The van der Waals surface area contributed by atoms with Crippen molar-refractivity contribution in [2.75, 3.05) is 5.32 Å². The highest BCUT2D eigenvalue weighted by molar-refractivity contribution is 6.08. The van der Waals surface area contributed by atoms with Gasteiger partial charge in [-0.3, -0.25) is 4.79 Å². The minimum Gasteiger partial charge on any atom is -0.459 e. The van der Waals surface area contributed by atoms with Crippen LogP contribution < -0.4 is 5.32 Å². The van der Waals surface area contributed by atoms with Gasteiger partial charge in [0, 0.05) is 34.6 Å². The molecule has 0 aliphatic rings. The number of carbonyl (C=O) groups is 2. The lowest BCUT2D eigenvalue weighted by Gasteiger charge is -2.13. The van der Waals surface area contributed by atoms with E-state index in [2.05, 4.69) is 27.0 Å². The lowest BCUT2D eigenvalue weighted by atomic mass is 9.95. The van der Waals surface area contributed by atoms with Gasteiger partial charge >= 0.3 is 12.3 Å². The number of esters is 1. The van der Waals surface area contributed by atoms with E-state index >= 15 is 0 Å². The number of ether oxygens (including phenoxy) is 1. The Morgan fingerprint density at radius 1 is 1.19 bits per heavy atom. The molecule has 1 amide bonds. The van der Waals surface area contributed by atoms with Crippen molar-refractivity contribution in [3.05, 3.63) is 66.1 Å². The molecule has 2 N–H and O–H groups in total. The van der Waals surface area contributed by atoms with E-state index in [9.17, 15) is 22.8 Å². The number of aromatic amines is 1. The number of nitrogens with zero attached hydrogens (tertiary/aromatic N) is 3. The molecule has 0 spiro atoms. The van der Waals surface area contributed by atoms with E-state index in [0.717, 1.165) is 24.0 Å². The minimum atomic E-state index is -4.70. The highest BCUT2D eigenvalue weighted by Crippen LogP contribution is 2.41. The van der Waals surface area contributed by atoms with Crippen molar-refractivity contribution in [1.29, 1.82) is 0 Å². The average Bonchev–Trinajstić information content (AvgIpc) is 3.45. The number of fused-ring (bicyclic) bond motifs is 1. The molecular formula is C26H24F3N5O3. The molecule has 8 nitrogen and oxygen atoms in total. The number of H-pyrrole nitrogens is 1. The molecule has 0 fully saturated rings. The van der Waals surface area contributed by atoms with Crippen LogP contribution in [-0.2, 0) is 15.8 Å². The Morgan fingerprint density at radius 3 is 2.54 bits per heavy atom. The normalized spacial score (nSPS) is 11.7. The van der Waals surface area contributed by atoms with Crippen molar-refractivity contribution in [3.8, 4) is 22.4 Å². The first-order chi connectivity index (χ1) is 17.4. The van der Waals surface area contributed by atoms with Crippen LogP contribution in [0.1, 0.15) is 35.3 Å². The van der Waals surface area contributed by atoms with Gasteiger partial charge in [-0.05, 0) is 56.5 Å². The van der Waals surface area contributed by atoms with E-state index in [-0.39, 0.29) is 21.9 Å². The molecule has 0 aliphatic heterocycles. The van der Waals surface area contributed by atoms with Crippen molar-refractivity contribution < 1.29 is 27.5 Å². The second kappa shape index (κ2) is 9.57. The molecule has 0 atom stereocenters. The third-order valence-corrected chi connectivity index (χ3v) is 5.75. The minimum absolute atomic E-state index is 0.0891. The summed E-state index contributed by atoms with van der Waals surface area (Å²) in [4.78, 5) is 32.2. The molecule has 3 heterocycles. The summed E-state index contributed by atoms with van der Waals surface area (Å²) in [6.45, 7) is 10.4. The molecule has 0 saturated carbocycles. The van der Waals surface area contributed by atoms with E-state index in [1.807, 2.05) is 0 Å². The fourth-order valence-corrected chi connectivity index (χ4v) is 3.98. The number of pyridine rings is 1. The number of aromatic nitrogens is 4. The quantitative estimate of drug-likeness (QED) is 0.249. The Balaban J connectivity index is 2.01. The number of hydrogen-bond acceptors (Lipinski definition) is 5. The van der Waals surface area contributed by atoms with Crippen LogP contribution in [0.2, 0.25) is 0 Å². The molecule has 192 valence electrons. The first-order valence-electron chi connectivity index (χ1n) is 11.3. The first-order valence-corrected chi connectivity index (χ1v) is 11.3. The van der Waals surface area contributed by atoms with Crippen molar-refractivity contribution in [2.45, 2.75) is 40.1 Å². The van der Waals surface area contributed by atoms with Gasteiger partial charge in [-0.2, -0.15) is 9.78 Å². The summed E-state index contributed by atoms with van der Waals surface area (Å²) in [5, 5.41) is 6.72. The van der Waals surface area contributed by atoms with Crippen LogP contribution in [0.3, 0.4) is 0 Å². The van der Waals surface area contributed by atoms with Crippen LogP contribution >= 0.6 is 0 Å². The number of carbonyl (C=O) groups excluding carboxylic acids is 2. The molecule has 1 aromatic carbocycles. The number of halogens is 3. The van der Waals surface area contributed by atoms with Crippen LogP contribution in [0.5, 0.6) is 0 Å². The van der Waals surface area contributed by atoms with Gasteiger partial charge < -0.3 is 15.0 Å². The maximum atomic E-state index is 13.3. The number of nitrogens with one attached hydrogen (secondary N) is 2. The summed E-state index contributed by atoms with van der Waals surface area (Å²) < 4.78 is 45.1. The molecule has 4 rings (SSSR count). The zero-order valence-electron chi connectivity index (χ0n) is 20.5. The second-order valence-corrected chi connectivity index (χ2v) is 8.71. The van der Waals surface area contributed by atoms with Crippen molar-refractivity contribution >= 4 is 28.6 Å². The predicted molar refractivity (Wildman–Crippen MR) is 133 cm³/mol. The maximum Gasteiger partial charge on any atom is 0.504 e. The van der Waals surface area contributed by atoms with Gasteiger partial charge in [-0.1, -0.05) is 18.7 Å². The third kappa shape index (κ3) is 4.97. The molecule has 0 bridgehead atoms. The molecule has 0 aliphatic carbocycles. The Bertz CT molecular complexity index is 1530. The molecule has 0 radical (unpaired) electrons. The molecule has 0 unspecified atom stereocenters. The monoisotopic (exact) mass is 511 g/mol. The van der Waals surface area contributed by atoms with Crippen molar-refractivity contribution in [1.82, 2.24) is 19.7 Å². The molecule has 11 heteroatoms. The largest absolute Gasteiger partial charge is 0.504 e. The van der Waals surface area contributed by atoms with E-state index in [4.69, 9.17) is 4.74 Å². The molecule has 0 saturated heterocycles. The van der Waals surface area contributed by atoms with Gasteiger partial charge in [0.15, 0.2) is 0 Å². The van der Waals surface area contributed by atoms with E-state index < -0.39 is 18.2 Å². The van der Waals surface area contributed by atoms with E-state index in [0.29, 0.717) is 39.1 Å². The molecule has 4 aromatic rings. The predicted octanol–water partition coefficient (Wildman–Crippen LogP) is 5.88. The number of alkyl halides is 3. The van der Waals surface area contributed by atoms with Gasteiger partial charge in [0.25, 0.3) is 0 Å². The number of anilines is 1. The standard InChI is InChI=1S/C26H24F3N5O3/c1-6-20(35)32-19-9-16(8-7-14(19)4)22-21-15(5)18(25(36)37-13(2)3)11-30-24(21)33-23(22)17-10-31-34(12-17)26(27,28)29/h6-13H,1H2,2-5H3,(H,30,33)(H,32,35). The highest BCUT2D eigenvalue weighted by Gasteiger charge is 2.32. The van der Waals surface area contributed by atoms with Crippen LogP contribution in [0.15, 0.2) is 49.4 Å². The fraction of sp³-hybridized carbons (Fsp3) is 0.231. The Morgan fingerprint density at radius 2 is 1.92 bits per heavy atom. The first kappa shape index (κ1) is 25.7. The van der Waals surface area contributed by atoms with Crippen molar-refractivity contribution in [3.63, 3.8) is 0 Å². The fourth-order valence-electron chi connectivity index (χ4n) is 3.98. The summed E-state index contributed by atoms with van der Waals surface area (Å²) in [6, 6.07) is 5.25. The Kier molecular flexibility index (Phi) is 6.64. The number of amides is 1. The van der Waals surface area contributed by atoms with E-state index in [1.54, 1.807) is 45.9 Å². The second-order valence-electron chi connectivity index (χ2n) is 8.71. The van der Waals surface area contributed by atoms with Crippen molar-refractivity contribution in [2.24, 2.45) is 0 Å². The van der Waals surface area contributed by atoms with Gasteiger partial charge in [0.05, 0.1) is 23.6 Å². The summed E-state index contributed by atoms with van der Waals surface area (Å²) in [7, 11) is 0. The van der Waals surface area contributed by atoms with Gasteiger partial charge in [-0.25, -0.2) is 9.78 Å². The smallest absolute Gasteiger partial charge is 0.459 e. The molecule has 3 aromatic heterocycles. The zero-order chi connectivity index (χ0) is 27.1. The lowest BCUT2D eigenvalue weighted by molar-refractivity contribution is -0.212. The molecule has 37 heavy (non-hydrogen) atoms. The topological polar surface area (TPSA) is 102 Å². The van der Waals surface area contributed by atoms with Gasteiger partial charge in [0.1, 0.15) is 5.65 Å². The van der Waals surface area contributed by atoms with Gasteiger partial charge in [0.2, 0.25) is 5.91 Å². The van der Waals surface area contributed by atoms with Crippen LogP contribution in [0.25, 0.3) is 33.4 Å². The number of aryl methyl sites for hydroxylation is 2. The van der Waals surface area contributed by atoms with E-state index in [1.165, 1.54) is 6.20 Å². The summed E-state index contributed by atoms with van der Waals surface area (Å²) >= 11 is 0. The molecular weight excluding hydrogens is 487 g/mol. The summed E-state index contributed by atoms with van der Waals surface area (Å²) in [5.74, 6) is -0.981. The number of benzene rings is 1. The lowest BCUT2D eigenvalue weighted by Crippen LogP contribution is -2.16. The van der Waals surface area contributed by atoms with Crippen LogP contribution in [0.4, 0.5) is 18.9 Å². The Labute approximate surface area is 210 Å². The Hall–Kier alpha value is -4.41. The maximum absolute atomic E-state index is 13.3. The van der Waals surface area contributed by atoms with Gasteiger partial charge in [-0.15, -0.1) is 13.2 Å². The van der Waals surface area contributed by atoms with Crippen LogP contribution in [0, 0.1) is 13.8 Å². The van der Waals surface area contributed by atoms with Crippen LogP contribution in [-0.4, -0.2) is 37.7 Å². The highest BCUT2D eigenvalue weighted by atomic mass is 19.4. The zero-order valence-corrected chi connectivity index (χ0v) is 20.5. The number of hydrogen-bond donors (Lipinski definition) is 2. The average molecular weight is 512 g/mol. The SMILES string of the molecule is C=CC(=O)Nc1cc(-c2c(-c3cnn(C(F)(F)F)c3)[nH]c3ncc(C(=O)OC(C)C)c(C)c23)ccc1C. The summed E-state index contributed by atoms with van der Waals surface area (Å²) in [6.07, 6.45) is -0.583. The third-order valence-electron chi connectivity index (χ3n) is 5.75. The number of rotatable bonds is 6.